The van der Waals surface area contributed by atoms with Crippen molar-refractivity contribution >= 4 is 35.0 Å². The van der Waals surface area contributed by atoms with Gasteiger partial charge in [0, 0.05) is 30.2 Å². The molecule has 1 atom stereocenters. The molecule has 1 aliphatic heterocycles. The number of carbonyl (C=O) groups excluding carboxylic acids is 3. The molecule has 124 valence electrons. The number of anilines is 1. The van der Waals surface area contributed by atoms with E-state index in [1.807, 2.05) is 6.92 Å². The van der Waals surface area contributed by atoms with Crippen LogP contribution in [0.2, 0.25) is 5.02 Å². The van der Waals surface area contributed by atoms with Gasteiger partial charge in [0.2, 0.25) is 17.7 Å². The maximum atomic E-state index is 12.1. The lowest BCUT2D eigenvalue weighted by atomic mass is 10.1. The number of carbonyl (C=O) groups is 3. The first-order valence-corrected chi connectivity index (χ1v) is 7.99. The Morgan fingerprint density at radius 3 is 2.83 bits per heavy atom. The topological polar surface area (TPSA) is 78.5 Å². The highest BCUT2D eigenvalue weighted by Crippen LogP contribution is 2.27. The summed E-state index contributed by atoms with van der Waals surface area (Å²) in [6.45, 7) is 2.76. The standard InChI is InChI=1S/C16H20ClN3O3/c1-2-6-18-14(21)9-19-16(23)11-7-15(22)20(10-11)13-5-3-4-12(17)8-13/h3-5,8,11H,2,6-7,9-10H2,1H3,(H,18,21)(H,19,23)/t11-/m1/s1. The average molecular weight is 338 g/mol. The molecule has 7 heteroatoms. The van der Waals surface area contributed by atoms with E-state index in [4.69, 9.17) is 11.6 Å². The molecule has 1 fully saturated rings. The summed E-state index contributed by atoms with van der Waals surface area (Å²) in [4.78, 5) is 37.3. The predicted octanol–water partition coefficient (Wildman–Crippen LogP) is 1.34. The van der Waals surface area contributed by atoms with Gasteiger partial charge in [0.05, 0.1) is 12.5 Å². The summed E-state index contributed by atoms with van der Waals surface area (Å²) in [7, 11) is 0. The average Bonchev–Trinajstić information content (AvgIpc) is 2.92. The van der Waals surface area contributed by atoms with Crippen LogP contribution in [0, 0.1) is 5.92 Å². The van der Waals surface area contributed by atoms with Gasteiger partial charge in [-0.25, -0.2) is 0 Å². The third-order valence-electron chi connectivity index (χ3n) is 3.61. The molecule has 2 rings (SSSR count). The number of nitrogens with zero attached hydrogens (tertiary/aromatic N) is 1. The molecular formula is C16H20ClN3O3. The number of hydrogen-bond donors (Lipinski definition) is 2. The second-order valence-electron chi connectivity index (χ2n) is 5.45. The van der Waals surface area contributed by atoms with Gasteiger partial charge in [-0.2, -0.15) is 0 Å². The summed E-state index contributed by atoms with van der Waals surface area (Å²) in [6, 6.07) is 6.96. The zero-order valence-electron chi connectivity index (χ0n) is 13.0. The Morgan fingerprint density at radius 2 is 2.13 bits per heavy atom. The van der Waals surface area contributed by atoms with E-state index < -0.39 is 5.92 Å². The number of hydrogen-bond acceptors (Lipinski definition) is 3. The molecule has 6 nitrogen and oxygen atoms in total. The molecule has 0 aliphatic carbocycles. The Hall–Kier alpha value is -2.08. The van der Waals surface area contributed by atoms with Gasteiger partial charge in [0.15, 0.2) is 0 Å². The molecule has 3 amide bonds. The Labute approximate surface area is 140 Å². The molecule has 1 saturated heterocycles. The zero-order chi connectivity index (χ0) is 16.8. The summed E-state index contributed by atoms with van der Waals surface area (Å²) in [5.41, 5.74) is 0.679. The predicted molar refractivity (Wildman–Crippen MR) is 88.2 cm³/mol. The zero-order valence-corrected chi connectivity index (χ0v) is 13.7. The number of nitrogens with one attached hydrogen (secondary N) is 2. The van der Waals surface area contributed by atoms with Crippen molar-refractivity contribution in [1.82, 2.24) is 10.6 Å². The van der Waals surface area contributed by atoms with Crippen LogP contribution in [0.15, 0.2) is 24.3 Å². The van der Waals surface area contributed by atoms with Gasteiger partial charge in [-0.1, -0.05) is 24.6 Å². The van der Waals surface area contributed by atoms with E-state index in [0.29, 0.717) is 23.8 Å². The fourth-order valence-corrected chi connectivity index (χ4v) is 2.60. The molecule has 0 bridgehead atoms. The smallest absolute Gasteiger partial charge is 0.239 e. The third kappa shape index (κ3) is 4.69. The highest BCUT2D eigenvalue weighted by molar-refractivity contribution is 6.31. The largest absolute Gasteiger partial charge is 0.355 e. The molecule has 0 unspecified atom stereocenters. The maximum Gasteiger partial charge on any atom is 0.239 e. The second-order valence-corrected chi connectivity index (χ2v) is 5.89. The van der Waals surface area contributed by atoms with Crippen LogP contribution in [0.5, 0.6) is 0 Å². The molecule has 1 heterocycles. The van der Waals surface area contributed by atoms with E-state index in [2.05, 4.69) is 10.6 Å². The fourth-order valence-electron chi connectivity index (χ4n) is 2.42. The first-order valence-electron chi connectivity index (χ1n) is 7.61. The first-order chi connectivity index (χ1) is 11.0. The molecule has 1 aromatic carbocycles. The van der Waals surface area contributed by atoms with Crippen LogP contribution in [0.25, 0.3) is 0 Å². The van der Waals surface area contributed by atoms with Crippen LogP contribution >= 0.6 is 11.6 Å². The Kier molecular flexibility index (Phi) is 5.98. The number of amides is 3. The summed E-state index contributed by atoms with van der Waals surface area (Å²) in [6.07, 6.45) is 0.973. The van der Waals surface area contributed by atoms with Gasteiger partial charge in [0.25, 0.3) is 0 Å². The van der Waals surface area contributed by atoms with E-state index in [1.165, 1.54) is 0 Å². The third-order valence-corrected chi connectivity index (χ3v) is 3.85. The van der Waals surface area contributed by atoms with Gasteiger partial charge < -0.3 is 15.5 Å². The SMILES string of the molecule is CCCNC(=O)CNC(=O)[C@@H]1CC(=O)N(c2cccc(Cl)c2)C1. The lowest BCUT2D eigenvalue weighted by molar-refractivity contribution is -0.128. The van der Waals surface area contributed by atoms with Gasteiger partial charge in [-0.3, -0.25) is 14.4 Å². The van der Waals surface area contributed by atoms with Crippen molar-refractivity contribution in [2.45, 2.75) is 19.8 Å². The fraction of sp³-hybridized carbons (Fsp3) is 0.438. The summed E-state index contributed by atoms with van der Waals surface area (Å²) < 4.78 is 0. The number of rotatable bonds is 6. The van der Waals surface area contributed by atoms with Gasteiger partial charge in [0.1, 0.15) is 0 Å². The molecule has 0 radical (unpaired) electrons. The molecule has 0 spiro atoms. The van der Waals surface area contributed by atoms with Crippen molar-refractivity contribution < 1.29 is 14.4 Å². The van der Waals surface area contributed by atoms with Crippen molar-refractivity contribution in [1.29, 1.82) is 0 Å². The lowest BCUT2D eigenvalue weighted by Gasteiger charge is -2.17. The molecule has 0 saturated carbocycles. The minimum atomic E-state index is -0.458. The summed E-state index contributed by atoms with van der Waals surface area (Å²) in [5, 5.41) is 5.80. The highest BCUT2D eigenvalue weighted by atomic mass is 35.5. The summed E-state index contributed by atoms with van der Waals surface area (Å²) >= 11 is 5.93. The Bertz CT molecular complexity index is 606. The summed E-state index contributed by atoms with van der Waals surface area (Å²) in [5.74, 6) is -1.09. The van der Waals surface area contributed by atoms with Crippen molar-refractivity contribution in [3.8, 4) is 0 Å². The van der Waals surface area contributed by atoms with E-state index in [9.17, 15) is 14.4 Å². The Balaban J connectivity index is 1.89. The van der Waals surface area contributed by atoms with Gasteiger partial charge >= 0.3 is 0 Å². The van der Waals surface area contributed by atoms with Crippen LogP contribution in [0.3, 0.4) is 0 Å². The monoisotopic (exact) mass is 337 g/mol. The second kappa shape index (κ2) is 7.97. The van der Waals surface area contributed by atoms with E-state index in [-0.39, 0.29) is 30.7 Å². The van der Waals surface area contributed by atoms with Gasteiger partial charge in [-0.05, 0) is 24.6 Å². The van der Waals surface area contributed by atoms with Crippen LogP contribution in [0.4, 0.5) is 5.69 Å². The van der Waals surface area contributed by atoms with Crippen molar-refractivity contribution in [2.24, 2.45) is 5.92 Å². The highest BCUT2D eigenvalue weighted by Gasteiger charge is 2.35. The quantitative estimate of drug-likeness (QED) is 0.822. The Morgan fingerprint density at radius 1 is 1.35 bits per heavy atom. The van der Waals surface area contributed by atoms with Crippen LogP contribution in [0.1, 0.15) is 19.8 Å². The van der Waals surface area contributed by atoms with Crippen LogP contribution in [-0.2, 0) is 14.4 Å². The van der Waals surface area contributed by atoms with Crippen LogP contribution in [-0.4, -0.2) is 37.4 Å². The molecule has 23 heavy (non-hydrogen) atoms. The molecule has 0 aromatic heterocycles. The molecule has 1 aliphatic rings. The number of halogens is 1. The van der Waals surface area contributed by atoms with Crippen LogP contribution < -0.4 is 15.5 Å². The normalized spacial score (nSPS) is 17.2. The van der Waals surface area contributed by atoms with Gasteiger partial charge in [-0.15, -0.1) is 0 Å². The minimum Gasteiger partial charge on any atom is -0.355 e. The molecular weight excluding hydrogens is 318 g/mol. The van der Waals surface area contributed by atoms with E-state index in [0.717, 1.165) is 6.42 Å². The first kappa shape index (κ1) is 17.3. The van der Waals surface area contributed by atoms with Crippen molar-refractivity contribution in [3.05, 3.63) is 29.3 Å². The molecule has 1 aromatic rings. The van der Waals surface area contributed by atoms with E-state index in [1.54, 1.807) is 29.2 Å². The molecule has 2 N–H and O–H groups in total. The van der Waals surface area contributed by atoms with Crippen molar-refractivity contribution in [3.63, 3.8) is 0 Å². The maximum absolute atomic E-state index is 12.1. The lowest BCUT2D eigenvalue weighted by Crippen LogP contribution is -2.40. The number of benzene rings is 1. The minimum absolute atomic E-state index is 0.0688. The van der Waals surface area contributed by atoms with Crippen molar-refractivity contribution in [2.75, 3.05) is 24.5 Å². The van der Waals surface area contributed by atoms with E-state index >= 15 is 0 Å².